The van der Waals surface area contributed by atoms with Gasteiger partial charge in [-0.15, -0.1) is 0 Å². The first-order valence-electron chi connectivity index (χ1n) is 5.59. The summed E-state index contributed by atoms with van der Waals surface area (Å²) in [6.45, 7) is 0. The lowest BCUT2D eigenvalue weighted by Gasteiger charge is -2.07. The predicted octanol–water partition coefficient (Wildman–Crippen LogP) is 4.40. The maximum atomic E-state index is 13.2. The van der Waals surface area contributed by atoms with E-state index in [1.807, 2.05) is 0 Å². The number of nitrogens with one attached hydrogen (secondary N) is 1. The molecule has 0 aliphatic rings. The molecule has 0 fully saturated rings. The van der Waals surface area contributed by atoms with E-state index in [4.69, 9.17) is 11.6 Å². The molecule has 0 heterocycles. The molecule has 2 aromatic rings. The molecule has 1 N–H and O–H groups in total. The average Bonchev–Trinajstić information content (AvgIpc) is 2.42. The third-order valence-corrected chi connectivity index (χ3v) is 3.39. The SMILES string of the molecule is O=C(Nc1ccc(Br)cc1Cl)c1ccc(F)c([N+](=O)[O-])c1. The smallest absolute Gasteiger partial charge is 0.305 e. The Labute approximate surface area is 132 Å². The molecule has 0 saturated heterocycles. The van der Waals surface area contributed by atoms with Gasteiger partial charge >= 0.3 is 5.69 Å². The van der Waals surface area contributed by atoms with Crippen molar-refractivity contribution >= 4 is 44.8 Å². The van der Waals surface area contributed by atoms with E-state index in [9.17, 15) is 19.3 Å². The van der Waals surface area contributed by atoms with Crippen molar-refractivity contribution in [2.24, 2.45) is 0 Å². The second kappa shape index (κ2) is 6.19. The third-order valence-electron chi connectivity index (χ3n) is 2.58. The first kappa shape index (κ1) is 15.4. The van der Waals surface area contributed by atoms with Gasteiger partial charge in [0.1, 0.15) is 0 Å². The molecule has 21 heavy (non-hydrogen) atoms. The molecule has 1 amide bonds. The molecule has 0 atom stereocenters. The second-order valence-corrected chi connectivity index (χ2v) is 5.32. The van der Waals surface area contributed by atoms with Crippen molar-refractivity contribution in [2.75, 3.05) is 5.32 Å². The van der Waals surface area contributed by atoms with Crippen LogP contribution in [0.3, 0.4) is 0 Å². The third kappa shape index (κ3) is 3.56. The highest BCUT2D eigenvalue weighted by molar-refractivity contribution is 9.10. The summed E-state index contributed by atoms with van der Waals surface area (Å²) < 4.78 is 14.0. The largest absolute Gasteiger partial charge is 0.321 e. The molecule has 5 nitrogen and oxygen atoms in total. The van der Waals surface area contributed by atoms with Gasteiger partial charge < -0.3 is 5.32 Å². The molecule has 0 unspecified atom stereocenters. The van der Waals surface area contributed by atoms with E-state index in [0.717, 1.165) is 22.7 Å². The van der Waals surface area contributed by atoms with Crippen LogP contribution in [0.2, 0.25) is 5.02 Å². The monoisotopic (exact) mass is 372 g/mol. The highest BCUT2D eigenvalue weighted by Crippen LogP contribution is 2.26. The molecule has 2 aromatic carbocycles. The molecule has 0 radical (unpaired) electrons. The van der Waals surface area contributed by atoms with Gasteiger partial charge in [0.15, 0.2) is 0 Å². The Kier molecular flexibility index (Phi) is 4.54. The number of rotatable bonds is 3. The number of amides is 1. The van der Waals surface area contributed by atoms with Crippen LogP contribution in [0.5, 0.6) is 0 Å². The quantitative estimate of drug-likeness (QED) is 0.640. The Morgan fingerprint density at radius 1 is 1.29 bits per heavy atom. The van der Waals surface area contributed by atoms with Crippen LogP contribution in [0, 0.1) is 15.9 Å². The average molecular weight is 374 g/mol. The molecule has 0 aliphatic carbocycles. The Morgan fingerprint density at radius 3 is 2.62 bits per heavy atom. The van der Waals surface area contributed by atoms with Gasteiger partial charge in [0.2, 0.25) is 5.82 Å². The van der Waals surface area contributed by atoms with Crippen molar-refractivity contribution in [2.45, 2.75) is 0 Å². The summed E-state index contributed by atoms with van der Waals surface area (Å²) in [5.74, 6) is -1.62. The van der Waals surface area contributed by atoms with Gasteiger partial charge in [-0.05, 0) is 30.3 Å². The number of carbonyl (C=O) groups is 1. The highest BCUT2D eigenvalue weighted by Gasteiger charge is 2.18. The fourth-order valence-electron chi connectivity index (χ4n) is 1.58. The van der Waals surface area contributed by atoms with Gasteiger partial charge in [0.05, 0.1) is 15.6 Å². The molecule has 0 aliphatic heterocycles. The Morgan fingerprint density at radius 2 is 2.00 bits per heavy atom. The number of nitrogens with zero attached hydrogens (tertiary/aromatic N) is 1. The summed E-state index contributed by atoms with van der Waals surface area (Å²) in [4.78, 5) is 21.8. The van der Waals surface area contributed by atoms with Crippen molar-refractivity contribution in [3.8, 4) is 0 Å². The number of carbonyl (C=O) groups excluding carboxylic acids is 1. The molecule has 0 aromatic heterocycles. The van der Waals surface area contributed by atoms with Crippen LogP contribution in [0.25, 0.3) is 0 Å². The van der Waals surface area contributed by atoms with Gasteiger partial charge in [0, 0.05) is 16.1 Å². The fraction of sp³-hybridized carbons (Fsp3) is 0. The summed E-state index contributed by atoms with van der Waals surface area (Å²) in [6, 6.07) is 7.74. The van der Waals surface area contributed by atoms with E-state index >= 15 is 0 Å². The normalized spacial score (nSPS) is 10.2. The van der Waals surface area contributed by atoms with Gasteiger partial charge in [-0.25, -0.2) is 0 Å². The van der Waals surface area contributed by atoms with Crippen LogP contribution in [-0.2, 0) is 0 Å². The summed E-state index contributed by atoms with van der Waals surface area (Å²) in [5, 5.41) is 13.5. The maximum Gasteiger partial charge on any atom is 0.305 e. The number of nitro groups is 1. The lowest BCUT2D eigenvalue weighted by Crippen LogP contribution is -2.12. The Bertz CT molecular complexity index is 739. The molecule has 0 spiro atoms. The molecule has 8 heteroatoms. The number of hydrogen-bond acceptors (Lipinski definition) is 3. The van der Waals surface area contributed by atoms with Gasteiger partial charge in [-0.2, -0.15) is 4.39 Å². The van der Waals surface area contributed by atoms with Crippen LogP contribution in [-0.4, -0.2) is 10.8 Å². The number of anilines is 1. The molecule has 2 rings (SSSR count). The van der Waals surface area contributed by atoms with E-state index in [0.29, 0.717) is 10.7 Å². The van der Waals surface area contributed by atoms with Crippen molar-refractivity contribution in [3.05, 3.63) is 67.4 Å². The van der Waals surface area contributed by atoms with Gasteiger partial charge in [-0.1, -0.05) is 27.5 Å². The summed E-state index contributed by atoms with van der Waals surface area (Å²) in [6.07, 6.45) is 0. The Balaban J connectivity index is 2.28. The van der Waals surface area contributed by atoms with E-state index < -0.39 is 22.3 Å². The van der Waals surface area contributed by atoms with E-state index in [2.05, 4.69) is 21.2 Å². The standard InChI is InChI=1S/C13H7BrClFN2O3/c14-8-2-4-11(9(15)6-8)17-13(19)7-1-3-10(16)12(5-7)18(20)21/h1-6H,(H,17,19). The van der Waals surface area contributed by atoms with Crippen molar-refractivity contribution in [1.29, 1.82) is 0 Å². The van der Waals surface area contributed by atoms with Crippen LogP contribution < -0.4 is 5.32 Å². The topological polar surface area (TPSA) is 72.2 Å². The minimum Gasteiger partial charge on any atom is -0.321 e. The number of hydrogen-bond donors (Lipinski definition) is 1. The van der Waals surface area contributed by atoms with E-state index in [1.54, 1.807) is 18.2 Å². The molecular formula is C13H7BrClFN2O3. The van der Waals surface area contributed by atoms with Crippen LogP contribution in [0.15, 0.2) is 40.9 Å². The molecule has 0 bridgehead atoms. The first-order valence-corrected chi connectivity index (χ1v) is 6.76. The summed E-state index contributed by atoms with van der Waals surface area (Å²) in [5.41, 5.74) is -0.455. The van der Waals surface area contributed by atoms with Gasteiger partial charge in [0.25, 0.3) is 5.91 Å². The zero-order chi connectivity index (χ0) is 15.6. The molecule has 0 saturated carbocycles. The highest BCUT2D eigenvalue weighted by atomic mass is 79.9. The first-order chi connectivity index (χ1) is 9.88. The minimum atomic E-state index is -1.00. The summed E-state index contributed by atoms with van der Waals surface area (Å²) in [7, 11) is 0. The lowest BCUT2D eigenvalue weighted by atomic mass is 10.1. The van der Waals surface area contributed by atoms with Crippen molar-refractivity contribution < 1.29 is 14.1 Å². The van der Waals surface area contributed by atoms with E-state index in [-0.39, 0.29) is 5.56 Å². The van der Waals surface area contributed by atoms with Crippen LogP contribution in [0.1, 0.15) is 10.4 Å². The van der Waals surface area contributed by atoms with Crippen LogP contribution in [0.4, 0.5) is 15.8 Å². The van der Waals surface area contributed by atoms with Crippen molar-refractivity contribution in [3.63, 3.8) is 0 Å². The number of halogens is 3. The minimum absolute atomic E-state index is 0.0397. The van der Waals surface area contributed by atoms with E-state index in [1.165, 1.54) is 0 Å². The lowest BCUT2D eigenvalue weighted by molar-refractivity contribution is -0.387. The van der Waals surface area contributed by atoms with Crippen LogP contribution >= 0.6 is 27.5 Å². The fourth-order valence-corrected chi connectivity index (χ4v) is 2.30. The molecule has 108 valence electrons. The Hall–Kier alpha value is -1.99. The zero-order valence-electron chi connectivity index (χ0n) is 10.3. The maximum absolute atomic E-state index is 13.2. The number of benzene rings is 2. The second-order valence-electron chi connectivity index (χ2n) is 4.00. The summed E-state index contributed by atoms with van der Waals surface area (Å²) >= 11 is 9.18. The van der Waals surface area contributed by atoms with Crippen molar-refractivity contribution in [1.82, 2.24) is 0 Å². The predicted molar refractivity (Wildman–Crippen MR) is 80.2 cm³/mol. The van der Waals surface area contributed by atoms with Gasteiger partial charge in [-0.3, -0.25) is 14.9 Å². The number of nitro benzene ring substituents is 1. The molecular weight excluding hydrogens is 367 g/mol. The zero-order valence-corrected chi connectivity index (χ0v) is 12.6.